The number of imide groups is 1. The lowest BCUT2D eigenvalue weighted by Gasteiger charge is -2.39. The van der Waals surface area contributed by atoms with Crippen LogP contribution in [0.15, 0.2) is 30.5 Å². The van der Waals surface area contributed by atoms with E-state index in [0.29, 0.717) is 19.4 Å². The van der Waals surface area contributed by atoms with Crippen molar-refractivity contribution in [2.75, 3.05) is 31.6 Å². The number of amides is 2. The zero-order valence-corrected chi connectivity index (χ0v) is 21.1. The SMILES string of the molecule is CO[C@H]1CNC[C@@H]1N1CCCc2cc(Cl)cc(-c3ccnc4cc(CN5C(=O)CCC5=O)sc34)c21. The second-order valence-corrected chi connectivity index (χ2v) is 11.0. The third kappa shape index (κ3) is 4.02. The van der Waals surface area contributed by atoms with Gasteiger partial charge in [-0.3, -0.25) is 19.5 Å². The number of nitrogens with one attached hydrogen (secondary N) is 1. The predicted octanol–water partition coefficient (Wildman–Crippen LogP) is 4.01. The number of hydrogen-bond donors (Lipinski definition) is 1. The Bertz CT molecular complexity index is 1310. The molecule has 3 aromatic rings. The molecule has 0 bridgehead atoms. The Morgan fingerprint density at radius 3 is 2.77 bits per heavy atom. The number of ether oxygens (including phenoxy) is 1. The van der Waals surface area contributed by atoms with Crippen molar-refractivity contribution < 1.29 is 14.3 Å². The summed E-state index contributed by atoms with van der Waals surface area (Å²) in [7, 11) is 1.79. The average Bonchev–Trinajstić information content (AvgIpc) is 3.57. The van der Waals surface area contributed by atoms with Gasteiger partial charge >= 0.3 is 0 Å². The Labute approximate surface area is 213 Å². The number of nitrogens with zero attached hydrogens (tertiary/aromatic N) is 3. The van der Waals surface area contributed by atoms with E-state index in [4.69, 9.17) is 16.3 Å². The van der Waals surface area contributed by atoms with Crippen LogP contribution in [0, 0.1) is 0 Å². The van der Waals surface area contributed by atoms with Gasteiger partial charge in [-0.25, -0.2) is 0 Å². The summed E-state index contributed by atoms with van der Waals surface area (Å²) in [6.45, 7) is 3.00. The van der Waals surface area contributed by atoms with E-state index in [2.05, 4.69) is 27.3 Å². The number of anilines is 1. The van der Waals surface area contributed by atoms with E-state index in [0.717, 1.165) is 63.7 Å². The van der Waals surface area contributed by atoms with E-state index in [1.807, 2.05) is 18.3 Å². The molecule has 0 spiro atoms. The van der Waals surface area contributed by atoms with Crippen molar-refractivity contribution in [3.63, 3.8) is 0 Å². The standard InChI is InChI=1S/C26H27ClN4O3S/c1-34-22-13-28-12-21(22)30-8-2-3-15-9-16(27)10-19(25(15)30)18-6-7-29-20-11-17(35-26(18)20)14-31-23(32)4-5-24(31)33/h6-7,9-11,21-22,28H,2-5,8,12-14H2,1H3/t21-,22-/m0/s1. The van der Waals surface area contributed by atoms with Crippen LogP contribution in [0.3, 0.4) is 0 Å². The highest BCUT2D eigenvalue weighted by Gasteiger charge is 2.36. The molecule has 0 aliphatic carbocycles. The molecule has 35 heavy (non-hydrogen) atoms. The van der Waals surface area contributed by atoms with Gasteiger partial charge in [0.1, 0.15) is 0 Å². The summed E-state index contributed by atoms with van der Waals surface area (Å²) < 4.78 is 6.86. The monoisotopic (exact) mass is 510 g/mol. The lowest BCUT2D eigenvalue weighted by Crippen LogP contribution is -2.46. The van der Waals surface area contributed by atoms with Crippen LogP contribution in [0.25, 0.3) is 21.3 Å². The summed E-state index contributed by atoms with van der Waals surface area (Å²) in [6, 6.07) is 8.46. The fraction of sp³-hybridized carbons (Fsp3) is 0.423. The van der Waals surface area contributed by atoms with Crippen LogP contribution in [-0.4, -0.2) is 60.6 Å². The first-order chi connectivity index (χ1) is 17.0. The Morgan fingerprint density at radius 1 is 1.14 bits per heavy atom. The summed E-state index contributed by atoms with van der Waals surface area (Å²) in [4.78, 5) is 33.7. The highest BCUT2D eigenvalue weighted by atomic mass is 35.5. The van der Waals surface area contributed by atoms with Crippen molar-refractivity contribution in [3.05, 3.63) is 45.9 Å². The van der Waals surface area contributed by atoms with Crippen LogP contribution in [0.5, 0.6) is 0 Å². The molecule has 2 fully saturated rings. The first-order valence-corrected chi connectivity index (χ1v) is 13.3. The Kier molecular flexibility index (Phi) is 6.00. The number of hydrogen-bond acceptors (Lipinski definition) is 7. The van der Waals surface area contributed by atoms with Crippen molar-refractivity contribution in [1.29, 1.82) is 0 Å². The zero-order valence-electron chi connectivity index (χ0n) is 19.6. The normalized spacial score (nSPS) is 22.5. The first kappa shape index (κ1) is 22.9. The highest BCUT2D eigenvalue weighted by molar-refractivity contribution is 7.19. The van der Waals surface area contributed by atoms with Crippen LogP contribution in [0.1, 0.15) is 29.7 Å². The third-order valence-electron chi connectivity index (χ3n) is 7.34. The van der Waals surface area contributed by atoms with Crippen LogP contribution in [-0.2, 0) is 27.3 Å². The second kappa shape index (κ2) is 9.17. The van der Waals surface area contributed by atoms with E-state index in [1.165, 1.54) is 16.2 Å². The van der Waals surface area contributed by atoms with E-state index in [1.54, 1.807) is 18.4 Å². The molecule has 0 unspecified atom stereocenters. The molecule has 9 heteroatoms. The molecule has 1 N–H and O–H groups in total. The second-order valence-electron chi connectivity index (χ2n) is 9.42. The Morgan fingerprint density at radius 2 is 1.97 bits per heavy atom. The quantitative estimate of drug-likeness (QED) is 0.523. The molecule has 2 aromatic heterocycles. The van der Waals surface area contributed by atoms with Crippen molar-refractivity contribution in [1.82, 2.24) is 15.2 Å². The number of methoxy groups -OCH3 is 1. The number of benzene rings is 1. The van der Waals surface area contributed by atoms with E-state index in [9.17, 15) is 9.59 Å². The van der Waals surface area contributed by atoms with Gasteiger partial charge in [-0.15, -0.1) is 11.3 Å². The van der Waals surface area contributed by atoms with E-state index >= 15 is 0 Å². The van der Waals surface area contributed by atoms with Crippen LogP contribution in [0.4, 0.5) is 5.69 Å². The minimum absolute atomic E-state index is 0.0990. The van der Waals surface area contributed by atoms with Gasteiger partial charge in [0.15, 0.2) is 0 Å². The maximum atomic E-state index is 12.2. The van der Waals surface area contributed by atoms with Crippen molar-refractivity contribution in [2.24, 2.45) is 0 Å². The summed E-state index contributed by atoms with van der Waals surface area (Å²) in [5, 5.41) is 4.21. The topological polar surface area (TPSA) is 74.8 Å². The number of likely N-dealkylation sites (tertiary alicyclic amines) is 1. The lowest BCUT2D eigenvalue weighted by atomic mass is 9.92. The maximum absolute atomic E-state index is 12.2. The van der Waals surface area contributed by atoms with Crippen LogP contribution in [0.2, 0.25) is 5.02 Å². The van der Waals surface area contributed by atoms with E-state index < -0.39 is 0 Å². The van der Waals surface area contributed by atoms with E-state index in [-0.39, 0.29) is 24.0 Å². The fourth-order valence-corrected chi connectivity index (χ4v) is 7.07. The minimum Gasteiger partial charge on any atom is -0.378 e. The maximum Gasteiger partial charge on any atom is 0.230 e. The molecule has 182 valence electrons. The van der Waals surface area contributed by atoms with Gasteiger partial charge in [0.25, 0.3) is 0 Å². The molecular formula is C26H27ClN4O3S. The average molecular weight is 511 g/mol. The van der Waals surface area contributed by atoms with Gasteiger partial charge in [0.05, 0.1) is 28.9 Å². The van der Waals surface area contributed by atoms with Crippen LogP contribution < -0.4 is 10.2 Å². The minimum atomic E-state index is -0.0990. The summed E-state index contributed by atoms with van der Waals surface area (Å²) >= 11 is 8.24. The molecule has 3 aliphatic rings. The number of pyridine rings is 1. The molecule has 1 aromatic carbocycles. The largest absolute Gasteiger partial charge is 0.378 e. The zero-order chi connectivity index (χ0) is 24.1. The molecule has 2 saturated heterocycles. The van der Waals surface area contributed by atoms with Gasteiger partial charge in [0.2, 0.25) is 11.8 Å². The molecular weight excluding hydrogens is 484 g/mol. The number of thiophene rings is 1. The predicted molar refractivity (Wildman–Crippen MR) is 138 cm³/mol. The molecule has 0 saturated carbocycles. The molecule has 0 radical (unpaired) electrons. The number of aryl methyl sites for hydroxylation is 1. The number of halogens is 1. The first-order valence-electron chi connectivity index (χ1n) is 12.1. The molecule has 7 nitrogen and oxygen atoms in total. The summed E-state index contributed by atoms with van der Waals surface area (Å²) in [5.74, 6) is -0.198. The van der Waals surface area contributed by atoms with Gasteiger partial charge in [-0.05, 0) is 42.7 Å². The number of fused-ring (bicyclic) bond motifs is 2. The smallest absolute Gasteiger partial charge is 0.230 e. The molecule has 5 heterocycles. The number of aromatic nitrogens is 1. The molecule has 2 amide bonds. The highest BCUT2D eigenvalue weighted by Crippen LogP contribution is 2.45. The molecule has 6 rings (SSSR count). The number of carbonyl (C=O) groups excluding carboxylic acids is 2. The number of carbonyl (C=O) groups is 2. The number of rotatable bonds is 5. The van der Waals surface area contributed by atoms with Crippen molar-refractivity contribution >= 4 is 50.7 Å². The third-order valence-corrected chi connectivity index (χ3v) is 8.70. The summed E-state index contributed by atoms with van der Waals surface area (Å²) in [5.41, 5.74) is 5.54. The van der Waals surface area contributed by atoms with Crippen molar-refractivity contribution in [3.8, 4) is 11.1 Å². The molecule has 2 atom stereocenters. The van der Waals surface area contributed by atoms with Crippen molar-refractivity contribution in [2.45, 2.75) is 44.4 Å². The summed E-state index contributed by atoms with van der Waals surface area (Å²) in [6.07, 6.45) is 4.63. The van der Waals surface area contributed by atoms with Gasteiger partial charge in [-0.2, -0.15) is 0 Å². The van der Waals surface area contributed by atoms with Gasteiger partial charge in [-0.1, -0.05) is 11.6 Å². The Hall–Kier alpha value is -2.52. The van der Waals surface area contributed by atoms with Crippen LogP contribution >= 0.6 is 22.9 Å². The van der Waals surface area contributed by atoms with Gasteiger partial charge < -0.3 is 15.0 Å². The van der Waals surface area contributed by atoms with Gasteiger partial charge in [0, 0.05) is 72.5 Å². The fourth-order valence-electron chi connectivity index (χ4n) is 5.70. The molecule has 3 aliphatic heterocycles. The Balaban J connectivity index is 1.45. The lowest BCUT2D eigenvalue weighted by molar-refractivity contribution is -0.138.